The van der Waals surface area contributed by atoms with E-state index in [0.29, 0.717) is 16.9 Å². The Morgan fingerprint density at radius 1 is 1.53 bits per heavy atom. The van der Waals surface area contributed by atoms with Gasteiger partial charge in [0.1, 0.15) is 6.33 Å². The summed E-state index contributed by atoms with van der Waals surface area (Å²) in [6.45, 7) is 3.02. The van der Waals surface area contributed by atoms with E-state index in [4.69, 9.17) is 16.3 Å². The first-order valence-corrected chi connectivity index (χ1v) is 5.46. The van der Waals surface area contributed by atoms with Gasteiger partial charge >= 0.3 is 0 Å². The normalized spacial score (nSPS) is 15.1. The monoisotopic (exact) mass is 227 g/mol. The molecule has 4 nitrogen and oxygen atoms in total. The van der Waals surface area contributed by atoms with Crippen molar-refractivity contribution in [3.05, 3.63) is 11.5 Å². The molecular weight excluding hydrogens is 214 g/mol. The lowest BCUT2D eigenvalue weighted by Gasteiger charge is -2.23. The Labute approximate surface area is 94.2 Å². The molecular formula is C10H14ClN3O. The molecule has 0 spiro atoms. The van der Waals surface area contributed by atoms with Crippen LogP contribution >= 0.6 is 11.6 Å². The SMILES string of the molecule is CCN(c1ncnc(Cl)c1OC)C1CC1. The quantitative estimate of drug-likeness (QED) is 0.739. The summed E-state index contributed by atoms with van der Waals surface area (Å²) in [7, 11) is 1.59. The number of hydrogen-bond donors (Lipinski definition) is 0. The zero-order valence-electron chi connectivity index (χ0n) is 8.90. The van der Waals surface area contributed by atoms with Crippen molar-refractivity contribution in [3.63, 3.8) is 0 Å². The van der Waals surface area contributed by atoms with Gasteiger partial charge < -0.3 is 9.64 Å². The van der Waals surface area contributed by atoms with Crippen LogP contribution in [-0.4, -0.2) is 29.7 Å². The Bertz CT molecular complexity index is 355. The van der Waals surface area contributed by atoms with Gasteiger partial charge in [0, 0.05) is 12.6 Å². The van der Waals surface area contributed by atoms with Gasteiger partial charge in [0.25, 0.3) is 0 Å². The molecule has 1 saturated carbocycles. The average Bonchev–Trinajstić information content (AvgIpc) is 3.04. The molecule has 1 aromatic heterocycles. The topological polar surface area (TPSA) is 38.2 Å². The van der Waals surface area contributed by atoms with Crippen LogP contribution in [0.4, 0.5) is 5.82 Å². The van der Waals surface area contributed by atoms with E-state index in [9.17, 15) is 0 Å². The number of methoxy groups -OCH3 is 1. The highest BCUT2D eigenvalue weighted by atomic mass is 35.5. The Morgan fingerprint density at radius 2 is 2.27 bits per heavy atom. The average molecular weight is 228 g/mol. The third-order valence-electron chi connectivity index (χ3n) is 2.55. The predicted octanol–water partition coefficient (Wildman–Crippen LogP) is 2.13. The summed E-state index contributed by atoms with van der Waals surface area (Å²) in [4.78, 5) is 10.4. The summed E-state index contributed by atoms with van der Waals surface area (Å²) in [5, 5.41) is 0.376. The molecule has 0 aromatic carbocycles. The van der Waals surface area contributed by atoms with Gasteiger partial charge in [-0.1, -0.05) is 11.6 Å². The number of hydrogen-bond acceptors (Lipinski definition) is 4. The molecule has 0 aliphatic heterocycles. The van der Waals surface area contributed by atoms with Gasteiger partial charge in [-0.25, -0.2) is 9.97 Å². The second-order valence-corrected chi connectivity index (χ2v) is 3.90. The summed E-state index contributed by atoms with van der Waals surface area (Å²) in [6.07, 6.45) is 3.92. The number of nitrogens with zero attached hydrogens (tertiary/aromatic N) is 3. The first-order valence-electron chi connectivity index (χ1n) is 5.09. The Kier molecular flexibility index (Phi) is 2.95. The van der Waals surface area contributed by atoms with Crippen LogP contribution in [0.1, 0.15) is 19.8 Å². The van der Waals surface area contributed by atoms with Crippen molar-refractivity contribution < 1.29 is 4.74 Å². The van der Waals surface area contributed by atoms with E-state index in [2.05, 4.69) is 21.8 Å². The summed E-state index contributed by atoms with van der Waals surface area (Å²) in [6, 6.07) is 0.592. The van der Waals surface area contributed by atoms with Gasteiger partial charge in [-0.3, -0.25) is 0 Å². The number of halogens is 1. The molecule has 1 aliphatic carbocycles. The highest BCUT2D eigenvalue weighted by Crippen LogP contribution is 2.37. The molecule has 1 aliphatic rings. The molecule has 0 amide bonds. The zero-order chi connectivity index (χ0) is 10.8. The zero-order valence-corrected chi connectivity index (χ0v) is 9.66. The van der Waals surface area contributed by atoms with Crippen LogP contribution in [0.25, 0.3) is 0 Å². The largest absolute Gasteiger partial charge is 0.490 e. The van der Waals surface area contributed by atoms with Crippen molar-refractivity contribution in [3.8, 4) is 5.75 Å². The highest BCUT2D eigenvalue weighted by molar-refractivity contribution is 6.31. The van der Waals surface area contributed by atoms with E-state index in [-0.39, 0.29) is 0 Å². The van der Waals surface area contributed by atoms with Gasteiger partial charge in [-0.15, -0.1) is 0 Å². The first kappa shape index (κ1) is 10.5. The minimum absolute atomic E-state index is 0.376. The second-order valence-electron chi connectivity index (χ2n) is 3.54. The van der Waals surface area contributed by atoms with Gasteiger partial charge in [-0.2, -0.15) is 0 Å². The van der Waals surface area contributed by atoms with Crippen LogP contribution in [0, 0.1) is 0 Å². The molecule has 0 saturated heterocycles. The van der Waals surface area contributed by atoms with Crippen molar-refractivity contribution in [2.24, 2.45) is 0 Å². The van der Waals surface area contributed by atoms with Crippen molar-refractivity contribution in [1.29, 1.82) is 0 Å². The van der Waals surface area contributed by atoms with Crippen LogP contribution in [-0.2, 0) is 0 Å². The Balaban J connectivity index is 2.36. The van der Waals surface area contributed by atoms with E-state index >= 15 is 0 Å². The molecule has 5 heteroatoms. The maximum Gasteiger partial charge on any atom is 0.199 e. The third kappa shape index (κ3) is 2.00. The number of rotatable bonds is 4. The second kappa shape index (κ2) is 4.23. The standard InChI is InChI=1S/C10H14ClN3O/c1-3-14(7-4-5-7)10-8(15-2)9(11)12-6-13-10/h6-7H,3-5H2,1-2H3. The van der Waals surface area contributed by atoms with Crippen molar-refractivity contribution in [1.82, 2.24) is 9.97 Å². The van der Waals surface area contributed by atoms with Gasteiger partial charge in [-0.05, 0) is 19.8 Å². The minimum atomic E-state index is 0.376. The van der Waals surface area contributed by atoms with Crippen LogP contribution in [0.15, 0.2) is 6.33 Å². The lowest BCUT2D eigenvalue weighted by atomic mass is 10.4. The van der Waals surface area contributed by atoms with E-state index in [1.807, 2.05) is 0 Å². The van der Waals surface area contributed by atoms with Crippen molar-refractivity contribution in [2.45, 2.75) is 25.8 Å². The van der Waals surface area contributed by atoms with Crippen molar-refractivity contribution in [2.75, 3.05) is 18.6 Å². The number of ether oxygens (including phenoxy) is 1. The molecule has 82 valence electrons. The Hall–Kier alpha value is -1.03. The summed E-state index contributed by atoms with van der Waals surface area (Å²) in [5.74, 6) is 1.38. The molecule has 1 aromatic rings. The van der Waals surface area contributed by atoms with E-state index in [0.717, 1.165) is 12.4 Å². The van der Waals surface area contributed by atoms with Gasteiger partial charge in [0.2, 0.25) is 0 Å². The van der Waals surface area contributed by atoms with Gasteiger partial charge in [0.05, 0.1) is 7.11 Å². The molecule has 2 rings (SSSR count). The van der Waals surface area contributed by atoms with E-state index in [1.54, 1.807) is 7.11 Å². The highest BCUT2D eigenvalue weighted by Gasteiger charge is 2.31. The van der Waals surface area contributed by atoms with Crippen LogP contribution < -0.4 is 9.64 Å². The molecule has 1 heterocycles. The van der Waals surface area contributed by atoms with Gasteiger partial charge in [0.15, 0.2) is 16.7 Å². The molecule has 0 unspecified atom stereocenters. The molecule has 0 atom stereocenters. The van der Waals surface area contributed by atoms with Crippen LogP contribution in [0.2, 0.25) is 5.15 Å². The predicted molar refractivity (Wildman–Crippen MR) is 59.6 cm³/mol. The fourth-order valence-corrected chi connectivity index (χ4v) is 1.90. The molecule has 15 heavy (non-hydrogen) atoms. The van der Waals surface area contributed by atoms with Crippen molar-refractivity contribution >= 4 is 17.4 Å². The fourth-order valence-electron chi connectivity index (χ4n) is 1.69. The number of aromatic nitrogens is 2. The summed E-state index contributed by atoms with van der Waals surface area (Å²) < 4.78 is 5.24. The minimum Gasteiger partial charge on any atom is -0.490 e. The third-order valence-corrected chi connectivity index (χ3v) is 2.82. The molecule has 0 bridgehead atoms. The lowest BCUT2D eigenvalue weighted by Crippen LogP contribution is -2.26. The maximum absolute atomic E-state index is 5.95. The smallest absolute Gasteiger partial charge is 0.199 e. The number of anilines is 1. The molecule has 1 fully saturated rings. The van der Waals surface area contributed by atoms with Crippen LogP contribution in [0.3, 0.4) is 0 Å². The Morgan fingerprint density at radius 3 is 2.80 bits per heavy atom. The first-order chi connectivity index (χ1) is 7.27. The summed E-state index contributed by atoms with van der Waals surface area (Å²) in [5.41, 5.74) is 0. The van der Waals surface area contributed by atoms with E-state index in [1.165, 1.54) is 19.2 Å². The molecule has 0 N–H and O–H groups in total. The maximum atomic E-state index is 5.95. The van der Waals surface area contributed by atoms with Crippen LogP contribution in [0.5, 0.6) is 5.75 Å². The summed E-state index contributed by atoms with van der Waals surface area (Å²) >= 11 is 5.95. The molecule has 0 radical (unpaired) electrons. The lowest BCUT2D eigenvalue weighted by molar-refractivity contribution is 0.410. The van der Waals surface area contributed by atoms with E-state index < -0.39 is 0 Å². The fraction of sp³-hybridized carbons (Fsp3) is 0.600.